The van der Waals surface area contributed by atoms with E-state index in [1.54, 1.807) is 0 Å². The van der Waals surface area contributed by atoms with Gasteiger partial charge in [0, 0.05) is 57.6 Å². The predicted octanol–water partition coefficient (Wildman–Crippen LogP) is 4.49. The Morgan fingerprint density at radius 2 is 1.87 bits per heavy atom. The zero-order valence-electron chi connectivity index (χ0n) is 18.5. The first-order valence-corrected chi connectivity index (χ1v) is 10.9. The van der Waals surface area contributed by atoms with E-state index >= 15 is 0 Å². The average molecular weight is 405 g/mol. The number of rotatable bonds is 5. The number of aromatic nitrogens is 2. The topological polar surface area (TPSA) is 40.9 Å². The first-order chi connectivity index (χ1) is 14.4. The molecule has 3 heterocycles. The first kappa shape index (κ1) is 20.5. The van der Waals surface area contributed by atoms with E-state index in [1.807, 2.05) is 26.4 Å². The molecule has 4 rings (SSSR count). The molecule has 1 aliphatic rings. The number of hydrogen-bond acceptors (Lipinski definition) is 3. The summed E-state index contributed by atoms with van der Waals surface area (Å²) in [5, 5.41) is 0. The molecule has 5 heteroatoms. The summed E-state index contributed by atoms with van der Waals surface area (Å²) in [5.41, 5.74) is 5.49. The number of likely N-dealkylation sites (tertiary alicyclic amines) is 1. The Morgan fingerprint density at radius 1 is 1.17 bits per heavy atom. The van der Waals surface area contributed by atoms with Gasteiger partial charge in [0.2, 0.25) is 5.91 Å². The van der Waals surface area contributed by atoms with Crippen molar-refractivity contribution >= 4 is 17.2 Å². The monoisotopic (exact) mass is 404 g/mol. The lowest BCUT2D eigenvalue weighted by Crippen LogP contribution is -2.38. The second-order valence-corrected chi connectivity index (χ2v) is 8.87. The number of hydrogen-bond donors (Lipinski definition) is 0. The van der Waals surface area contributed by atoms with Crippen LogP contribution in [0.2, 0.25) is 0 Å². The van der Waals surface area contributed by atoms with Crippen LogP contribution >= 0.6 is 0 Å². The van der Waals surface area contributed by atoms with Gasteiger partial charge in [-0.25, -0.2) is 4.98 Å². The second kappa shape index (κ2) is 8.50. The van der Waals surface area contributed by atoms with Crippen molar-refractivity contribution in [1.82, 2.24) is 14.3 Å². The number of imidazole rings is 1. The molecule has 0 radical (unpaired) electrons. The second-order valence-electron chi connectivity index (χ2n) is 8.87. The molecule has 0 aliphatic carbocycles. The van der Waals surface area contributed by atoms with E-state index in [-0.39, 0.29) is 11.8 Å². The molecule has 1 amide bonds. The molecule has 158 valence electrons. The third-order valence-electron chi connectivity index (χ3n) is 6.44. The lowest BCUT2D eigenvalue weighted by atomic mass is 9.91. The van der Waals surface area contributed by atoms with Gasteiger partial charge in [0.15, 0.2) is 0 Å². The summed E-state index contributed by atoms with van der Waals surface area (Å²) in [5.74, 6) is 0.932. The molecule has 1 aliphatic heterocycles. The Hall–Kier alpha value is -2.82. The number of carbonyl (C=O) groups excluding carboxylic acids is 1. The summed E-state index contributed by atoms with van der Waals surface area (Å²) < 4.78 is 2.14. The maximum atomic E-state index is 13.2. The summed E-state index contributed by atoms with van der Waals surface area (Å²) in [6.45, 7) is 6.10. The van der Waals surface area contributed by atoms with Crippen LogP contribution in [0.5, 0.6) is 0 Å². The Kier molecular flexibility index (Phi) is 5.80. The van der Waals surface area contributed by atoms with Crippen molar-refractivity contribution < 1.29 is 4.79 Å². The number of carbonyl (C=O) groups is 1. The number of aryl methyl sites for hydroxylation is 1. The van der Waals surface area contributed by atoms with Crippen LogP contribution < -0.4 is 4.90 Å². The third kappa shape index (κ3) is 4.07. The molecule has 0 bridgehead atoms. The van der Waals surface area contributed by atoms with E-state index in [0.29, 0.717) is 12.3 Å². The minimum absolute atomic E-state index is 0.0233. The summed E-state index contributed by atoms with van der Waals surface area (Å²) in [7, 11) is 4.08. The zero-order valence-corrected chi connectivity index (χ0v) is 18.5. The third-order valence-corrected chi connectivity index (χ3v) is 6.44. The molecule has 1 saturated heterocycles. The number of pyridine rings is 1. The molecule has 2 aromatic heterocycles. The van der Waals surface area contributed by atoms with Gasteiger partial charge in [0.05, 0.1) is 5.69 Å². The summed E-state index contributed by atoms with van der Waals surface area (Å²) in [6, 6.07) is 12.7. The van der Waals surface area contributed by atoms with E-state index in [0.717, 1.165) is 54.1 Å². The number of amides is 1. The normalized spacial score (nSPS) is 16.1. The molecule has 0 saturated carbocycles. The Morgan fingerprint density at radius 3 is 2.53 bits per heavy atom. The number of fused-ring (bicyclic) bond motifs is 1. The largest absolute Gasteiger partial charge is 0.378 e. The minimum atomic E-state index is -0.0233. The van der Waals surface area contributed by atoms with Crippen molar-refractivity contribution in [3.05, 3.63) is 65.6 Å². The van der Waals surface area contributed by atoms with Crippen molar-refractivity contribution in [3.8, 4) is 0 Å². The molecule has 5 nitrogen and oxygen atoms in total. The van der Waals surface area contributed by atoms with E-state index in [4.69, 9.17) is 0 Å². The molecule has 1 unspecified atom stereocenters. The lowest BCUT2D eigenvalue weighted by molar-refractivity contribution is -0.132. The van der Waals surface area contributed by atoms with Crippen LogP contribution in [0.1, 0.15) is 48.9 Å². The van der Waals surface area contributed by atoms with Crippen molar-refractivity contribution in [3.63, 3.8) is 0 Å². The van der Waals surface area contributed by atoms with Gasteiger partial charge in [-0.15, -0.1) is 0 Å². The fourth-order valence-corrected chi connectivity index (χ4v) is 4.39. The van der Waals surface area contributed by atoms with E-state index < -0.39 is 0 Å². The number of piperidine rings is 1. The Labute approximate surface area is 179 Å². The van der Waals surface area contributed by atoms with Crippen LogP contribution in [0.15, 0.2) is 48.8 Å². The minimum Gasteiger partial charge on any atom is -0.378 e. The van der Waals surface area contributed by atoms with E-state index in [1.165, 1.54) is 0 Å². The molecule has 1 fully saturated rings. The van der Waals surface area contributed by atoms with Crippen molar-refractivity contribution in [1.29, 1.82) is 0 Å². The number of nitrogens with zero attached hydrogens (tertiary/aromatic N) is 4. The highest BCUT2D eigenvalue weighted by atomic mass is 16.2. The predicted molar refractivity (Wildman–Crippen MR) is 122 cm³/mol. The van der Waals surface area contributed by atoms with Crippen LogP contribution in [-0.2, 0) is 4.79 Å². The summed E-state index contributed by atoms with van der Waals surface area (Å²) in [6.07, 6.45) is 6.67. The summed E-state index contributed by atoms with van der Waals surface area (Å²) in [4.78, 5) is 22.1. The highest BCUT2D eigenvalue weighted by molar-refractivity contribution is 5.78. The summed E-state index contributed by atoms with van der Waals surface area (Å²) >= 11 is 0. The fourth-order valence-electron chi connectivity index (χ4n) is 4.39. The molecule has 3 aromatic rings. The van der Waals surface area contributed by atoms with Crippen LogP contribution in [0, 0.1) is 12.8 Å². The molecule has 1 atom stereocenters. The molecular formula is C25H32N4O. The maximum Gasteiger partial charge on any atom is 0.223 e. The van der Waals surface area contributed by atoms with Crippen molar-refractivity contribution in [2.45, 2.75) is 39.0 Å². The molecule has 0 N–H and O–H groups in total. The van der Waals surface area contributed by atoms with E-state index in [2.05, 4.69) is 69.6 Å². The molecule has 0 spiro atoms. The van der Waals surface area contributed by atoms with Gasteiger partial charge in [-0.05, 0) is 55.0 Å². The molecular weight excluding hydrogens is 372 g/mol. The van der Waals surface area contributed by atoms with Gasteiger partial charge in [-0.2, -0.15) is 0 Å². The van der Waals surface area contributed by atoms with Gasteiger partial charge in [-0.3, -0.25) is 4.79 Å². The highest BCUT2D eigenvalue weighted by Crippen LogP contribution is 2.32. The van der Waals surface area contributed by atoms with Crippen LogP contribution in [0.3, 0.4) is 0 Å². The lowest BCUT2D eigenvalue weighted by Gasteiger charge is -2.31. The van der Waals surface area contributed by atoms with Crippen molar-refractivity contribution in [2.24, 2.45) is 5.92 Å². The van der Waals surface area contributed by atoms with Crippen LogP contribution in [0.25, 0.3) is 5.65 Å². The quantitative estimate of drug-likeness (QED) is 0.629. The Bertz CT molecular complexity index is 1010. The fraction of sp³-hybridized carbons (Fsp3) is 0.440. The first-order valence-electron chi connectivity index (χ1n) is 10.9. The van der Waals surface area contributed by atoms with Crippen LogP contribution in [-0.4, -0.2) is 47.4 Å². The van der Waals surface area contributed by atoms with Crippen molar-refractivity contribution in [2.75, 3.05) is 32.1 Å². The number of benzene rings is 1. The standard InChI is InChI=1S/C25H32N4O/c1-18-11-14-28(15-12-18)24(30)16-22(20-7-9-21(10-8-20)27(3)4)23-17-26-25-19(2)6-5-13-29(23)25/h5-10,13,17-18,22H,11-12,14-16H2,1-4H3. The Balaban J connectivity index is 1.69. The SMILES string of the molecule is Cc1cccn2c(C(CC(=O)N3CCC(C)CC3)c3ccc(N(C)C)cc3)cnc12. The van der Waals surface area contributed by atoms with Gasteiger partial charge < -0.3 is 14.2 Å². The van der Waals surface area contributed by atoms with Gasteiger partial charge >= 0.3 is 0 Å². The number of anilines is 1. The zero-order chi connectivity index (χ0) is 21.3. The smallest absolute Gasteiger partial charge is 0.223 e. The highest BCUT2D eigenvalue weighted by Gasteiger charge is 2.27. The van der Waals surface area contributed by atoms with Gasteiger partial charge in [-0.1, -0.05) is 25.1 Å². The van der Waals surface area contributed by atoms with Gasteiger partial charge in [0.25, 0.3) is 0 Å². The van der Waals surface area contributed by atoms with Crippen LogP contribution in [0.4, 0.5) is 5.69 Å². The van der Waals surface area contributed by atoms with E-state index in [9.17, 15) is 4.79 Å². The molecule has 1 aromatic carbocycles. The molecule has 30 heavy (non-hydrogen) atoms. The average Bonchev–Trinajstić information content (AvgIpc) is 3.18. The van der Waals surface area contributed by atoms with Gasteiger partial charge in [0.1, 0.15) is 5.65 Å². The maximum absolute atomic E-state index is 13.2.